The maximum Gasteiger partial charge on any atom is 0.306 e. The molecular formula is C30H58O10. The van der Waals surface area contributed by atoms with Crippen molar-refractivity contribution in [2.45, 2.75) is 84.5 Å². The van der Waals surface area contributed by atoms with Crippen molar-refractivity contribution in [3.63, 3.8) is 0 Å². The zero-order chi connectivity index (χ0) is 29.6. The van der Waals surface area contributed by atoms with Gasteiger partial charge in [0.05, 0.1) is 78.9 Å². The second-order valence-electron chi connectivity index (χ2n) is 10.00. The van der Waals surface area contributed by atoms with Crippen LogP contribution in [0.3, 0.4) is 0 Å². The summed E-state index contributed by atoms with van der Waals surface area (Å²) in [6.07, 6.45) is 9.71. The van der Waals surface area contributed by atoms with Gasteiger partial charge in [-0.2, -0.15) is 0 Å². The normalized spacial score (nSPS) is 11.6. The lowest BCUT2D eigenvalue weighted by Crippen LogP contribution is -2.30. The van der Waals surface area contributed by atoms with Gasteiger partial charge >= 0.3 is 11.9 Å². The Balaban J connectivity index is 4.64. The first-order valence-electron chi connectivity index (χ1n) is 15.1. The Kier molecular flexibility index (Phi) is 28.3. The monoisotopic (exact) mass is 578 g/mol. The summed E-state index contributed by atoms with van der Waals surface area (Å²) < 4.78 is 42.4. The number of rotatable bonds is 31. The molecule has 0 rings (SSSR count). The molecule has 0 N–H and O–H groups in total. The summed E-state index contributed by atoms with van der Waals surface area (Å²) in [5.41, 5.74) is -0.472. The Morgan fingerprint density at radius 2 is 0.875 bits per heavy atom. The summed E-state index contributed by atoms with van der Waals surface area (Å²) >= 11 is 0. The Morgan fingerprint density at radius 1 is 0.475 bits per heavy atom. The molecule has 0 heterocycles. The molecule has 0 aromatic carbocycles. The van der Waals surface area contributed by atoms with Gasteiger partial charge in [0.25, 0.3) is 0 Å². The van der Waals surface area contributed by atoms with Crippen molar-refractivity contribution < 1.29 is 47.5 Å². The van der Waals surface area contributed by atoms with Crippen molar-refractivity contribution in [1.29, 1.82) is 0 Å². The third-order valence-electron chi connectivity index (χ3n) is 6.47. The van der Waals surface area contributed by atoms with Crippen LogP contribution in [0.5, 0.6) is 0 Å². The molecule has 0 aliphatic rings. The van der Waals surface area contributed by atoms with E-state index in [1.165, 1.54) is 25.7 Å². The van der Waals surface area contributed by atoms with Crippen LogP contribution >= 0.6 is 0 Å². The van der Waals surface area contributed by atoms with Crippen molar-refractivity contribution in [3.05, 3.63) is 0 Å². The second-order valence-corrected chi connectivity index (χ2v) is 10.00. The number of unbranched alkanes of at least 4 members (excludes halogenated alkanes) is 5. The smallest absolute Gasteiger partial charge is 0.306 e. The van der Waals surface area contributed by atoms with Crippen LogP contribution in [-0.4, -0.2) is 105 Å². The fourth-order valence-corrected chi connectivity index (χ4v) is 4.42. The molecule has 0 aromatic heterocycles. The standard InChI is InChI=1S/C30H58O10/c1-5-7-8-9-10-11-13-30(12-6-2,26-28(31)39-24-22-37-20-18-35-16-14-33-3)27-29(32)40-25-23-38-21-19-36-17-15-34-4/h5-27H2,1-4H3. The van der Waals surface area contributed by atoms with E-state index in [-0.39, 0.29) is 38.0 Å². The summed E-state index contributed by atoms with van der Waals surface area (Å²) in [7, 11) is 3.25. The molecule has 0 aliphatic heterocycles. The lowest BCUT2D eigenvalue weighted by Gasteiger charge is -2.32. The van der Waals surface area contributed by atoms with Gasteiger partial charge in [0, 0.05) is 14.2 Å². The number of esters is 2. The molecule has 40 heavy (non-hydrogen) atoms. The van der Waals surface area contributed by atoms with Gasteiger partial charge in [-0.05, 0) is 18.3 Å². The maximum atomic E-state index is 12.8. The van der Waals surface area contributed by atoms with Crippen LogP contribution in [0.15, 0.2) is 0 Å². The fourth-order valence-electron chi connectivity index (χ4n) is 4.42. The Morgan fingerprint density at radius 3 is 1.30 bits per heavy atom. The van der Waals surface area contributed by atoms with Crippen LogP contribution in [0.25, 0.3) is 0 Å². The van der Waals surface area contributed by atoms with E-state index in [0.717, 1.165) is 32.1 Å². The van der Waals surface area contributed by atoms with Crippen LogP contribution in [-0.2, 0) is 47.5 Å². The van der Waals surface area contributed by atoms with Gasteiger partial charge in [-0.15, -0.1) is 0 Å². The van der Waals surface area contributed by atoms with Crippen LogP contribution in [0.1, 0.15) is 84.5 Å². The van der Waals surface area contributed by atoms with Gasteiger partial charge in [-0.25, -0.2) is 0 Å². The van der Waals surface area contributed by atoms with Crippen molar-refractivity contribution in [1.82, 2.24) is 0 Å². The first kappa shape index (κ1) is 38.7. The average Bonchev–Trinajstić information content (AvgIpc) is 2.93. The molecule has 0 atom stereocenters. The Labute approximate surface area is 243 Å². The predicted octanol–water partition coefficient (Wildman–Crippen LogP) is 4.75. The molecule has 0 spiro atoms. The SMILES string of the molecule is CCCCCCCCC(CCC)(CC(=O)OCCOCCOCCOC)CC(=O)OCCOCCOCCOC. The van der Waals surface area contributed by atoms with E-state index >= 15 is 0 Å². The molecule has 0 aliphatic carbocycles. The number of ether oxygens (including phenoxy) is 8. The van der Waals surface area contributed by atoms with Gasteiger partial charge in [-0.1, -0.05) is 58.8 Å². The highest BCUT2D eigenvalue weighted by atomic mass is 16.6. The van der Waals surface area contributed by atoms with E-state index in [1.54, 1.807) is 14.2 Å². The lowest BCUT2D eigenvalue weighted by molar-refractivity contribution is -0.153. The van der Waals surface area contributed by atoms with Gasteiger partial charge in [0.2, 0.25) is 0 Å². The minimum Gasteiger partial charge on any atom is -0.463 e. The summed E-state index contributed by atoms with van der Waals surface area (Å²) in [5, 5.41) is 0. The molecule has 0 radical (unpaired) electrons. The predicted molar refractivity (Wildman–Crippen MR) is 154 cm³/mol. The van der Waals surface area contributed by atoms with Gasteiger partial charge in [0.1, 0.15) is 13.2 Å². The molecule has 238 valence electrons. The minimum absolute atomic E-state index is 0.174. The molecule has 0 fully saturated rings. The first-order valence-corrected chi connectivity index (χ1v) is 15.1. The van der Waals surface area contributed by atoms with Crippen LogP contribution in [0.2, 0.25) is 0 Å². The maximum absolute atomic E-state index is 12.8. The van der Waals surface area contributed by atoms with E-state index < -0.39 is 5.41 Å². The topological polar surface area (TPSA) is 108 Å². The molecule has 0 unspecified atom stereocenters. The second kappa shape index (κ2) is 29.2. The van der Waals surface area contributed by atoms with E-state index in [0.29, 0.717) is 66.1 Å². The molecule has 0 amide bonds. The van der Waals surface area contributed by atoms with E-state index in [2.05, 4.69) is 13.8 Å². The highest BCUT2D eigenvalue weighted by Gasteiger charge is 2.35. The molecular weight excluding hydrogens is 520 g/mol. The van der Waals surface area contributed by atoms with Crippen LogP contribution in [0.4, 0.5) is 0 Å². The van der Waals surface area contributed by atoms with Gasteiger partial charge in [-0.3, -0.25) is 9.59 Å². The Hall–Kier alpha value is -1.30. The number of hydrogen-bond donors (Lipinski definition) is 0. The molecule has 10 nitrogen and oxygen atoms in total. The van der Waals surface area contributed by atoms with Crippen LogP contribution in [0, 0.1) is 5.41 Å². The number of carbonyl (C=O) groups excluding carboxylic acids is 2. The minimum atomic E-state index is -0.472. The zero-order valence-corrected chi connectivity index (χ0v) is 25.8. The third-order valence-corrected chi connectivity index (χ3v) is 6.47. The molecule has 10 heteroatoms. The first-order chi connectivity index (χ1) is 19.5. The van der Waals surface area contributed by atoms with Crippen molar-refractivity contribution in [2.24, 2.45) is 5.41 Å². The van der Waals surface area contributed by atoms with E-state index in [4.69, 9.17) is 37.9 Å². The number of carbonyl (C=O) groups is 2. The largest absolute Gasteiger partial charge is 0.463 e. The molecule has 0 bridgehead atoms. The summed E-state index contributed by atoms with van der Waals surface area (Å²) in [6.45, 7) is 9.14. The lowest BCUT2D eigenvalue weighted by atomic mass is 9.73. The summed E-state index contributed by atoms with van der Waals surface area (Å²) in [5.74, 6) is -0.604. The van der Waals surface area contributed by atoms with Gasteiger partial charge < -0.3 is 37.9 Å². The van der Waals surface area contributed by atoms with Crippen molar-refractivity contribution in [2.75, 3.05) is 93.5 Å². The fraction of sp³-hybridized carbons (Fsp3) is 0.933. The molecule has 0 saturated heterocycles. The van der Waals surface area contributed by atoms with Crippen LogP contribution < -0.4 is 0 Å². The van der Waals surface area contributed by atoms with E-state index in [1.807, 2.05) is 0 Å². The van der Waals surface area contributed by atoms with Crippen molar-refractivity contribution >= 4 is 11.9 Å². The summed E-state index contributed by atoms with van der Waals surface area (Å²) in [6, 6.07) is 0. The number of methoxy groups -OCH3 is 2. The molecule has 0 saturated carbocycles. The zero-order valence-electron chi connectivity index (χ0n) is 25.8. The quantitative estimate of drug-likeness (QED) is 0.0845. The average molecular weight is 579 g/mol. The van der Waals surface area contributed by atoms with E-state index in [9.17, 15) is 9.59 Å². The summed E-state index contributed by atoms with van der Waals surface area (Å²) in [4.78, 5) is 25.6. The highest BCUT2D eigenvalue weighted by Crippen LogP contribution is 2.39. The third kappa shape index (κ3) is 24.5. The highest BCUT2D eigenvalue weighted by molar-refractivity contribution is 5.74. The van der Waals surface area contributed by atoms with Gasteiger partial charge in [0.15, 0.2) is 0 Å². The number of hydrogen-bond acceptors (Lipinski definition) is 10. The Bertz CT molecular complexity index is 537. The molecule has 0 aromatic rings. The van der Waals surface area contributed by atoms with Crippen molar-refractivity contribution in [3.8, 4) is 0 Å².